The van der Waals surface area contributed by atoms with Crippen molar-refractivity contribution in [3.8, 4) is 90.1 Å². The van der Waals surface area contributed by atoms with Gasteiger partial charge in [0.2, 0.25) is 11.4 Å². The van der Waals surface area contributed by atoms with E-state index in [9.17, 15) is 0 Å². The molecule has 126 heavy (non-hydrogen) atoms. The molecule has 0 N–H and O–H groups in total. The predicted octanol–water partition coefficient (Wildman–Crippen LogP) is 30.8. The molecule has 3 aliphatic rings. The molecule has 0 bridgehead atoms. The van der Waals surface area contributed by atoms with Crippen molar-refractivity contribution in [1.82, 2.24) is 29.9 Å². The standard InChI is InChI=1S/C41H26N2O2.C37H24N2O2.C37H24N2O/c1-41(2)35-27(28-20-21-29-26-12-5-7-16-32(26)44-38(29)36(28)41)14-9-15-31(35)39-42-37(25-19-18-23-10-3-4-11-24(23)22-25)34-30-13-6-8-17-33(30)45-40(34)43-39;1-37(2)28-14-8-6-12-23(28)26-19-27-24-17-16-22(18-31(24)40-32(27)20-29(26)37)35-38-34(21-10-4-3-5-11-21)33-25-13-7-9-15-30(25)41-36(33)39-35;1-37(2)30-17-15-21(19-28(30)25-16-18-32-33(34(25)37)27-13-7-8-14-31(27)40-32)36-38-20-29-24-11-4-3-9-22(24)23-10-5-6-12-26(23)35(29)39-36/h3-22H,1-2H3;3-20H,1-2H3;3-20H,1-2H3. The lowest BCUT2D eigenvalue weighted by Gasteiger charge is -2.24. The Balaban J connectivity index is 0.000000101. The van der Waals surface area contributed by atoms with Crippen molar-refractivity contribution in [2.75, 3.05) is 0 Å². The van der Waals surface area contributed by atoms with E-state index in [4.69, 9.17) is 52.0 Å². The smallest absolute Gasteiger partial charge is 0.231 e. The van der Waals surface area contributed by atoms with Gasteiger partial charge < -0.3 is 22.1 Å². The molecule has 28 rings (SSSR count). The zero-order chi connectivity index (χ0) is 83.7. The summed E-state index contributed by atoms with van der Waals surface area (Å²) >= 11 is 0. The fourth-order valence-electron chi connectivity index (χ4n) is 21.4. The molecule has 17 aromatic carbocycles. The number of aromatic nitrogens is 6. The summed E-state index contributed by atoms with van der Waals surface area (Å²) in [6.07, 6.45) is 2.00. The van der Waals surface area contributed by atoms with Crippen LogP contribution in [0.2, 0.25) is 0 Å². The number of para-hydroxylation sites is 4. The van der Waals surface area contributed by atoms with Crippen LogP contribution in [0.1, 0.15) is 74.9 Å². The number of nitrogens with zero attached hydrogens (tertiary/aromatic N) is 6. The van der Waals surface area contributed by atoms with Gasteiger partial charge in [-0.2, -0.15) is 9.97 Å². The van der Waals surface area contributed by atoms with E-state index in [1.165, 1.54) is 104 Å². The average molecular weight is 1620 g/mol. The van der Waals surface area contributed by atoms with E-state index in [2.05, 4.69) is 302 Å². The zero-order valence-electron chi connectivity index (χ0n) is 69.6. The monoisotopic (exact) mass is 1620 g/mol. The molecular weight excluding hydrogens is 1550 g/mol. The van der Waals surface area contributed by atoms with Crippen molar-refractivity contribution in [2.24, 2.45) is 0 Å². The summed E-state index contributed by atoms with van der Waals surface area (Å²) < 4.78 is 32.0. The first-order chi connectivity index (χ1) is 61.7. The number of hydrogen-bond donors (Lipinski definition) is 0. The summed E-state index contributed by atoms with van der Waals surface area (Å²) in [4.78, 5) is 30.6. The van der Waals surface area contributed by atoms with Gasteiger partial charge in [-0.1, -0.05) is 302 Å². The highest BCUT2D eigenvalue weighted by Gasteiger charge is 2.43. The molecule has 25 aromatic rings. The Bertz CT molecular complexity index is 9010. The average Bonchev–Trinajstić information content (AvgIpc) is 1.54. The van der Waals surface area contributed by atoms with Crippen LogP contribution in [0.5, 0.6) is 0 Å². The fourth-order valence-corrected chi connectivity index (χ4v) is 21.4. The lowest BCUT2D eigenvalue weighted by Crippen LogP contribution is -2.17. The van der Waals surface area contributed by atoms with Crippen LogP contribution in [0.4, 0.5) is 0 Å². The first kappa shape index (κ1) is 71.7. The molecule has 0 saturated carbocycles. The molecule has 0 atom stereocenters. The summed E-state index contributed by atoms with van der Waals surface area (Å²) in [6, 6.07) is 117. The summed E-state index contributed by atoms with van der Waals surface area (Å²) in [6.45, 7) is 13.8. The van der Waals surface area contributed by atoms with E-state index in [0.29, 0.717) is 23.1 Å². The normalized spacial score (nSPS) is 13.8. The van der Waals surface area contributed by atoms with Crippen LogP contribution in [-0.4, -0.2) is 29.9 Å². The molecule has 8 aromatic heterocycles. The van der Waals surface area contributed by atoms with Crippen molar-refractivity contribution < 1.29 is 22.1 Å². The topological polar surface area (TPSA) is 143 Å². The third-order valence-electron chi connectivity index (χ3n) is 27.3. The molecule has 0 fully saturated rings. The van der Waals surface area contributed by atoms with Gasteiger partial charge in [-0.05, 0) is 161 Å². The molecular formula is C115H74N6O5. The molecule has 0 unspecified atom stereocenters. The summed E-state index contributed by atoms with van der Waals surface area (Å²) in [5.41, 5.74) is 30.6. The largest absolute Gasteiger partial charge is 0.456 e. The molecule has 11 heteroatoms. The Morgan fingerprint density at radius 1 is 0.222 bits per heavy atom. The zero-order valence-corrected chi connectivity index (χ0v) is 69.6. The Kier molecular flexibility index (Phi) is 15.1. The van der Waals surface area contributed by atoms with Gasteiger partial charge in [0.15, 0.2) is 17.5 Å². The second kappa shape index (κ2) is 26.5. The maximum atomic E-state index is 6.56. The van der Waals surface area contributed by atoms with Crippen molar-refractivity contribution in [3.05, 3.63) is 373 Å². The summed E-state index contributed by atoms with van der Waals surface area (Å²) in [5.74, 6) is 2.01. The molecule has 0 aliphatic heterocycles. The van der Waals surface area contributed by atoms with Crippen LogP contribution in [0.15, 0.2) is 362 Å². The SMILES string of the molecule is CC1(C)c2c(-c3nc(-c4ccc5ccccc5c4)c4c(n3)oc3ccccc34)cccc2-c2ccc3c(oc4ccccc43)c21.CC1(C)c2ccc(-c3ncc4c5ccccc5c5ccccc5c4n3)cc2-c2ccc3oc4ccccc4c3c21.CC1(C)c2ccccc2-c2cc3c(cc21)oc1cc(-c2nc(-c4ccccc4)c4c(n2)oc2ccccc24)ccc13. The van der Waals surface area contributed by atoms with Crippen LogP contribution in [-0.2, 0) is 16.2 Å². The Morgan fingerprint density at radius 3 is 1.48 bits per heavy atom. The molecule has 8 heterocycles. The van der Waals surface area contributed by atoms with Crippen molar-refractivity contribution >= 4 is 153 Å². The van der Waals surface area contributed by atoms with Crippen LogP contribution < -0.4 is 0 Å². The first-order valence-corrected chi connectivity index (χ1v) is 43.0. The first-order valence-electron chi connectivity index (χ1n) is 43.0. The maximum Gasteiger partial charge on any atom is 0.231 e. The lowest BCUT2D eigenvalue weighted by atomic mass is 9.79. The highest BCUT2D eigenvalue weighted by atomic mass is 16.4. The number of furan rings is 5. The van der Waals surface area contributed by atoms with Gasteiger partial charge in [0.05, 0.1) is 27.7 Å². The van der Waals surface area contributed by atoms with Gasteiger partial charge in [0.25, 0.3) is 0 Å². The number of hydrogen-bond acceptors (Lipinski definition) is 11. The van der Waals surface area contributed by atoms with Crippen LogP contribution in [0.25, 0.3) is 243 Å². The van der Waals surface area contributed by atoms with Crippen LogP contribution in [0, 0.1) is 0 Å². The molecule has 0 spiro atoms. The van der Waals surface area contributed by atoms with E-state index in [-0.39, 0.29) is 16.2 Å². The van der Waals surface area contributed by atoms with E-state index in [1.807, 2.05) is 79.0 Å². The van der Waals surface area contributed by atoms with Crippen molar-refractivity contribution in [2.45, 2.75) is 57.8 Å². The third kappa shape index (κ3) is 10.5. The van der Waals surface area contributed by atoms with Crippen molar-refractivity contribution in [3.63, 3.8) is 0 Å². The van der Waals surface area contributed by atoms with Gasteiger partial charge in [0.1, 0.15) is 44.7 Å². The summed E-state index contributed by atoms with van der Waals surface area (Å²) in [7, 11) is 0. The van der Waals surface area contributed by atoms with Crippen LogP contribution in [0.3, 0.4) is 0 Å². The Morgan fingerprint density at radius 2 is 0.730 bits per heavy atom. The second-order valence-corrected chi connectivity index (χ2v) is 35.4. The number of benzene rings is 17. The molecule has 3 aliphatic carbocycles. The van der Waals surface area contributed by atoms with Gasteiger partial charge in [-0.3, -0.25) is 0 Å². The predicted molar refractivity (Wildman–Crippen MR) is 512 cm³/mol. The third-order valence-corrected chi connectivity index (χ3v) is 27.3. The Labute approximate surface area is 721 Å². The lowest BCUT2D eigenvalue weighted by molar-refractivity contribution is 0.620. The molecule has 11 nitrogen and oxygen atoms in total. The number of rotatable bonds is 5. The molecule has 594 valence electrons. The molecule has 0 amide bonds. The van der Waals surface area contributed by atoms with Crippen LogP contribution >= 0.6 is 0 Å². The van der Waals surface area contributed by atoms with Gasteiger partial charge >= 0.3 is 0 Å². The van der Waals surface area contributed by atoms with E-state index in [1.54, 1.807) is 0 Å². The quantitative estimate of drug-likeness (QED) is 0.152. The number of fused-ring (bicyclic) bond motifs is 33. The highest BCUT2D eigenvalue weighted by molar-refractivity contribution is 6.25. The van der Waals surface area contributed by atoms with E-state index < -0.39 is 0 Å². The maximum absolute atomic E-state index is 6.56. The van der Waals surface area contributed by atoms with Gasteiger partial charge in [-0.25, -0.2) is 19.9 Å². The highest BCUT2D eigenvalue weighted by Crippen LogP contribution is 2.58. The van der Waals surface area contributed by atoms with Gasteiger partial charge in [0, 0.05) is 110 Å². The second-order valence-electron chi connectivity index (χ2n) is 35.4. The Hall–Kier alpha value is -16.0. The van der Waals surface area contributed by atoms with E-state index in [0.717, 1.165) is 149 Å². The van der Waals surface area contributed by atoms with Gasteiger partial charge in [-0.15, -0.1) is 0 Å². The minimum absolute atomic E-state index is 0.0755. The van der Waals surface area contributed by atoms with E-state index >= 15 is 0 Å². The fraction of sp³-hybridized carbons (Fsp3) is 0.0783. The minimum Gasteiger partial charge on any atom is -0.456 e. The minimum atomic E-state index is -0.357. The van der Waals surface area contributed by atoms with Crippen molar-refractivity contribution in [1.29, 1.82) is 0 Å². The molecule has 0 radical (unpaired) electrons. The molecule has 0 saturated heterocycles. The summed E-state index contributed by atoms with van der Waals surface area (Å²) in [5, 5.41) is 19.0.